The molecule has 4 rings (SSSR count). The van der Waals surface area contributed by atoms with Crippen LogP contribution in [0.25, 0.3) is 0 Å². The summed E-state index contributed by atoms with van der Waals surface area (Å²) < 4.78 is 48.1. The zero-order valence-electron chi connectivity index (χ0n) is 19.5. The molecule has 13 heteroatoms. The van der Waals surface area contributed by atoms with Gasteiger partial charge in [0.25, 0.3) is 11.8 Å². The van der Waals surface area contributed by atoms with Crippen molar-refractivity contribution >= 4 is 35.0 Å². The maximum atomic E-state index is 14.9. The highest BCUT2D eigenvalue weighted by atomic mass is 19.3. The molecule has 10 nitrogen and oxygen atoms in total. The second-order valence-electron chi connectivity index (χ2n) is 8.56. The SMILES string of the molecule is COc1cc(C(=O)NC2CCN(C)CC2)c(F)cc1Nc1ncc2c(n1)NCC(F)(F)C(=O)N2C. The van der Waals surface area contributed by atoms with E-state index in [4.69, 9.17) is 4.74 Å². The first-order valence-corrected chi connectivity index (χ1v) is 11.0. The van der Waals surface area contributed by atoms with E-state index in [0.29, 0.717) is 0 Å². The van der Waals surface area contributed by atoms with Crippen molar-refractivity contribution in [3.63, 3.8) is 0 Å². The van der Waals surface area contributed by atoms with Gasteiger partial charge >= 0.3 is 5.92 Å². The quantitative estimate of drug-likeness (QED) is 0.582. The molecule has 1 aromatic carbocycles. The molecule has 1 aromatic heterocycles. The fourth-order valence-corrected chi connectivity index (χ4v) is 3.97. The fraction of sp³-hybridized carbons (Fsp3) is 0.455. The molecule has 2 amide bonds. The van der Waals surface area contributed by atoms with Gasteiger partial charge in [-0.1, -0.05) is 0 Å². The van der Waals surface area contributed by atoms with Crippen molar-refractivity contribution in [2.75, 3.05) is 56.4 Å². The molecule has 0 radical (unpaired) electrons. The average Bonchev–Trinajstić information content (AvgIpc) is 2.91. The number of anilines is 4. The highest BCUT2D eigenvalue weighted by Gasteiger charge is 2.44. The van der Waals surface area contributed by atoms with Crippen molar-refractivity contribution in [3.8, 4) is 5.75 Å². The molecule has 0 unspecified atom stereocenters. The lowest BCUT2D eigenvalue weighted by atomic mass is 10.0. The van der Waals surface area contributed by atoms with E-state index in [1.54, 1.807) is 0 Å². The highest BCUT2D eigenvalue weighted by Crippen LogP contribution is 2.34. The standard InChI is InChI=1S/C22H26F3N7O3/c1-31-6-4-12(5-7-31)28-19(33)13-8-17(35-3)15(9-14(13)23)29-21-26-10-16-18(30-21)27-11-22(24,25)20(34)32(16)2/h8-10,12H,4-7,11H2,1-3H3,(H,28,33)(H2,26,27,29,30). The van der Waals surface area contributed by atoms with Crippen molar-refractivity contribution in [3.05, 3.63) is 29.7 Å². The topological polar surface area (TPSA) is 112 Å². The normalized spacial score (nSPS) is 18.3. The van der Waals surface area contributed by atoms with Crippen LogP contribution in [-0.4, -0.2) is 79.5 Å². The van der Waals surface area contributed by atoms with Crippen LogP contribution in [0.3, 0.4) is 0 Å². The summed E-state index contributed by atoms with van der Waals surface area (Å²) in [7, 11) is 4.57. The Morgan fingerprint density at radius 1 is 1.26 bits per heavy atom. The number of methoxy groups -OCH3 is 1. The average molecular weight is 493 g/mol. The molecule has 2 aromatic rings. The smallest absolute Gasteiger partial charge is 0.341 e. The van der Waals surface area contributed by atoms with E-state index >= 15 is 0 Å². The highest BCUT2D eigenvalue weighted by molar-refractivity contribution is 6.01. The van der Waals surface area contributed by atoms with E-state index in [9.17, 15) is 22.8 Å². The number of rotatable bonds is 5. The summed E-state index contributed by atoms with van der Waals surface area (Å²) in [6.07, 6.45) is 2.75. The van der Waals surface area contributed by atoms with E-state index < -0.39 is 30.1 Å². The fourth-order valence-electron chi connectivity index (χ4n) is 3.97. The third kappa shape index (κ3) is 5.09. The zero-order valence-corrected chi connectivity index (χ0v) is 19.5. The van der Waals surface area contributed by atoms with Gasteiger partial charge in [-0.15, -0.1) is 0 Å². The number of piperidine rings is 1. The van der Waals surface area contributed by atoms with Crippen LogP contribution in [0.2, 0.25) is 0 Å². The number of hydrogen-bond acceptors (Lipinski definition) is 8. The first-order chi connectivity index (χ1) is 16.6. The first-order valence-electron chi connectivity index (χ1n) is 11.0. The van der Waals surface area contributed by atoms with E-state index in [-0.39, 0.29) is 40.5 Å². The summed E-state index contributed by atoms with van der Waals surface area (Å²) in [4.78, 5) is 35.7. The number of carbonyl (C=O) groups is 2. The molecule has 1 fully saturated rings. The van der Waals surface area contributed by atoms with Crippen LogP contribution >= 0.6 is 0 Å². The third-order valence-corrected chi connectivity index (χ3v) is 6.06. The Kier molecular flexibility index (Phi) is 6.70. The largest absolute Gasteiger partial charge is 0.495 e. The lowest BCUT2D eigenvalue weighted by Crippen LogP contribution is -2.43. The molecule has 1 saturated heterocycles. The Morgan fingerprint density at radius 3 is 2.66 bits per heavy atom. The van der Waals surface area contributed by atoms with Crippen LogP contribution in [0.5, 0.6) is 5.75 Å². The Bertz CT molecular complexity index is 1140. The lowest BCUT2D eigenvalue weighted by Gasteiger charge is -2.29. The molecule has 3 heterocycles. The molecule has 2 aliphatic rings. The minimum atomic E-state index is -3.61. The van der Waals surface area contributed by atoms with Crippen LogP contribution in [0.15, 0.2) is 18.3 Å². The van der Waals surface area contributed by atoms with Crippen molar-refractivity contribution in [1.29, 1.82) is 0 Å². The van der Waals surface area contributed by atoms with Gasteiger partial charge in [-0.2, -0.15) is 13.8 Å². The minimum Gasteiger partial charge on any atom is -0.495 e. The number of benzene rings is 1. The van der Waals surface area contributed by atoms with Crippen molar-refractivity contribution in [2.45, 2.75) is 24.8 Å². The van der Waals surface area contributed by atoms with Crippen LogP contribution in [0.1, 0.15) is 23.2 Å². The zero-order chi connectivity index (χ0) is 25.3. The van der Waals surface area contributed by atoms with Gasteiger partial charge in [-0.25, -0.2) is 9.37 Å². The number of nitrogens with zero attached hydrogens (tertiary/aromatic N) is 4. The Morgan fingerprint density at radius 2 is 1.97 bits per heavy atom. The van der Waals surface area contributed by atoms with Gasteiger partial charge in [0.1, 0.15) is 17.3 Å². The number of halogens is 3. The molecular formula is C22H26F3N7O3. The van der Waals surface area contributed by atoms with E-state index in [0.717, 1.165) is 36.9 Å². The molecule has 188 valence electrons. The summed E-state index contributed by atoms with van der Waals surface area (Å²) in [5.41, 5.74) is 0.0270. The molecule has 0 atom stereocenters. The number of carbonyl (C=O) groups excluding carboxylic acids is 2. The number of aromatic nitrogens is 2. The second-order valence-corrected chi connectivity index (χ2v) is 8.56. The maximum Gasteiger partial charge on any atom is 0.341 e. The number of fused-ring (bicyclic) bond motifs is 1. The van der Waals surface area contributed by atoms with E-state index in [1.165, 1.54) is 26.4 Å². The Hall–Kier alpha value is -3.61. The van der Waals surface area contributed by atoms with Crippen LogP contribution < -0.4 is 25.6 Å². The van der Waals surface area contributed by atoms with Crippen LogP contribution in [-0.2, 0) is 4.79 Å². The van der Waals surface area contributed by atoms with Gasteiger partial charge < -0.3 is 30.5 Å². The predicted octanol–water partition coefficient (Wildman–Crippen LogP) is 2.22. The second kappa shape index (κ2) is 9.56. The van der Waals surface area contributed by atoms with Gasteiger partial charge in [0.15, 0.2) is 5.82 Å². The molecule has 0 aliphatic carbocycles. The molecule has 3 N–H and O–H groups in total. The third-order valence-electron chi connectivity index (χ3n) is 6.06. The number of ether oxygens (including phenoxy) is 1. The van der Waals surface area contributed by atoms with Gasteiger partial charge in [0.05, 0.1) is 31.1 Å². The number of amides is 2. The number of likely N-dealkylation sites (tertiary alicyclic amines) is 1. The molecule has 2 aliphatic heterocycles. The molecule has 0 bridgehead atoms. The molecule has 35 heavy (non-hydrogen) atoms. The first kappa shape index (κ1) is 24.5. The van der Waals surface area contributed by atoms with E-state index in [2.05, 4.69) is 30.8 Å². The predicted molar refractivity (Wildman–Crippen MR) is 123 cm³/mol. The van der Waals surface area contributed by atoms with Gasteiger partial charge in [0.2, 0.25) is 5.95 Å². The summed E-state index contributed by atoms with van der Waals surface area (Å²) in [6.45, 7) is 0.756. The number of hydrogen-bond donors (Lipinski definition) is 3. The van der Waals surface area contributed by atoms with Gasteiger partial charge in [-0.3, -0.25) is 9.59 Å². The number of nitrogens with one attached hydrogen (secondary N) is 3. The van der Waals surface area contributed by atoms with E-state index in [1.807, 2.05) is 7.05 Å². The summed E-state index contributed by atoms with van der Waals surface area (Å²) in [5, 5.41) is 8.09. The van der Waals surface area contributed by atoms with Gasteiger partial charge in [-0.05, 0) is 39.0 Å². The molecule has 0 spiro atoms. The van der Waals surface area contributed by atoms with Gasteiger partial charge in [0, 0.05) is 19.2 Å². The molecule has 0 saturated carbocycles. The monoisotopic (exact) mass is 493 g/mol. The summed E-state index contributed by atoms with van der Waals surface area (Å²) in [5.74, 6) is -6.21. The van der Waals surface area contributed by atoms with Crippen molar-refractivity contribution in [2.24, 2.45) is 0 Å². The van der Waals surface area contributed by atoms with Crippen LogP contribution in [0, 0.1) is 5.82 Å². The Balaban J connectivity index is 1.54. The number of alkyl halides is 2. The molecular weight excluding hydrogens is 467 g/mol. The van der Waals surface area contributed by atoms with Crippen LogP contribution in [0.4, 0.5) is 36.3 Å². The van der Waals surface area contributed by atoms with Crippen molar-refractivity contribution in [1.82, 2.24) is 20.2 Å². The summed E-state index contributed by atoms with van der Waals surface area (Å²) >= 11 is 0. The lowest BCUT2D eigenvalue weighted by molar-refractivity contribution is -0.140. The maximum absolute atomic E-state index is 14.9. The minimum absolute atomic E-state index is 0.00379. The van der Waals surface area contributed by atoms with Crippen molar-refractivity contribution < 1.29 is 27.5 Å². The summed E-state index contributed by atoms with van der Waals surface area (Å²) in [6, 6.07) is 2.31. The Labute approximate surface area is 199 Å².